The molecule has 5 aromatic rings. The van der Waals surface area contributed by atoms with Crippen molar-refractivity contribution >= 4 is 10.8 Å². The van der Waals surface area contributed by atoms with Crippen molar-refractivity contribution in [1.82, 2.24) is 9.97 Å². The van der Waals surface area contributed by atoms with Crippen molar-refractivity contribution in [3.63, 3.8) is 0 Å². The lowest BCUT2D eigenvalue weighted by atomic mass is 9.87. The molecule has 0 N–H and O–H groups in total. The Labute approximate surface area is 195 Å². The molecule has 0 unspecified atom stereocenters. The summed E-state index contributed by atoms with van der Waals surface area (Å²) < 4.78 is 0. The van der Waals surface area contributed by atoms with E-state index in [4.69, 9.17) is 9.97 Å². The van der Waals surface area contributed by atoms with Crippen LogP contribution in [0.15, 0.2) is 91.1 Å². The van der Waals surface area contributed by atoms with Gasteiger partial charge in [-0.3, -0.25) is 9.97 Å². The van der Waals surface area contributed by atoms with Crippen molar-refractivity contribution in [3.05, 3.63) is 108 Å². The number of benzene rings is 3. The van der Waals surface area contributed by atoms with E-state index in [0.717, 1.165) is 24.2 Å². The average Bonchev–Trinajstić information content (AvgIpc) is 2.87. The molecule has 0 amide bonds. The highest BCUT2D eigenvalue weighted by Gasteiger charge is 2.20. The maximum absolute atomic E-state index is 5.04. The topological polar surface area (TPSA) is 25.8 Å². The molecule has 1 aliphatic carbocycles. The lowest BCUT2D eigenvalue weighted by Gasteiger charge is -2.21. The van der Waals surface area contributed by atoms with Gasteiger partial charge in [-0.25, -0.2) is 0 Å². The molecule has 0 atom stereocenters. The van der Waals surface area contributed by atoms with Crippen LogP contribution in [0.4, 0.5) is 0 Å². The fourth-order valence-electron chi connectivity index (χ4n) is 5.02. The molecule has 6 rings (SSSR count). The molecule has 0 fully saturated rings. The first-order chi connectivity index (χ1) is 16.2. The molecule has 1 aliphatic rings. The maximum atomic E-state index is 5.04. The predicted octanol–water partition coefficient (Wildman–Crippen LogP) is 7.85. The molecular formula is C31H26N2. The molecule has 33 heavy (non-hydrogen) atoms. The summed E-state index contributed by atoms with van der Waals surface area (Å²) in [5.41, 5.74) is 10.8. The van der Waals surface area contributed by atoms with Crippen molar-refractivity contribution in [2.45, 2.75) is 32.6 Å². The second-order valence-corrected chi connectivity index (χ2v) is 9.22. The second kappa shape index (κ2) is 7.97. The van der Waals surface area contributed by atoms with Gasteiger partial charge in [0.05, 0.1) is 11.4 Å². The lowest BCUT2D eigenvalue weighted by Crippen LogP contribution is -2.07. The highest BCUT2D eigenvalue weighted by Crippen LogP contribution is 2.37. The molecule has 2 aromatic heterocycles. The quantitative estimate of drug-likeness (QED) is 0.293. The third-order valence-corrected chi connectivity index (χ3v) is 6.76. The van der Waals surface area contributed by atoms with Crippen LogP contribution in [0.5, 0.6) is 0 Å². The molecule has 0 radical (unpaired) electrons. The van der Waals surface area contributed by atoms with Gasteiger partial charge in [-0.15, -0.1) is 0 Å². The van der Waals surface area contributed by atoms with Crippen LogP contribution >= 0.6 is 0 Å². The third-order valence-electron chi connectivity index (χ3n) is 6.76. The van der Waals surface area contributed by atoms with Gasteiger partial charge in [0.25, 0.3) is 0 Å². The molecule has 3 aromatic carbocycles. The standard InChI is InChI=1S/C31H26N2/c1-20(2)27-17-24(16-22-10-6-7-11-25(22)27)31-18-28-23(19-32-31)12-14-30-26(28)13-15-29(33-30)21-8-4-3-5-9-21/h3-11,13,15-20H,12,14H2,1-2H3. The first-order valence-corrected chi connectivity index (χ1v) is 11.7. The summed E-state index contributed by atoms with van der Waals surface area (Å²) in [7, 11) is 0. The third kappa shape index (κ3) is 3.52. The van der Waals surface area contributed by atoms with Gasteiger partial charge in [0.1, 0.15) is 0 Å². The molecule has 160 valence electrons. The Morgan fingerprint density at radius 3 is 2.36 bits per heavy atom. The lowest BCUT2D eigenvalue weighted by molar-refractivity contribution is 0.876. The molecule has 2 nitrogen and oxygen atoms in total. The molecule has 0 saturated heterocycles. The van der Waals surface area contributed by atoms with Crippen molar-refractivity contribution in [3.8, 4) is 33.6 Å². The molecule has 0 saturated carbocycles. The van der Waals surface area contributed by atoms with E-state index < -0.39 is 0 Å². The number of nitrogens with zero attached hydrogens (tertiary/aromatic N) is 2. The molecule has 0 bridgehead atoms. The van der Waals surface area contributed by atoms with Crippen LogP contribution < -0.4 is 0 Å². The zero-order valence-corrected chi connectivity index (χ0v) is 19.0. The van der Waals surface area contributed by atoms with Gasteiger partial charge in [-0.2, -0.15) is 0 Å². The molecule has 2 heterocycles. The van der Waals surface area contributed by atoms with Crippen LogP contribution in [-0.4, -0.2) is 9.97 Å². The minimum Gasteiger partial charge on any atom is -0.256 e. The highest BCUT2D eigenvalue weighted by molar-refractivity contribution is 5.91. The molecule has 2 heteroatoms. The van der Waals surface area contributed by atoms with Crippen molar-refractivity contribution in [2.75, 3.05) is 0 Å². The van der Waals surface area contributed by atoms with Gasteiger partial charge in [0.15, 0.2) is 0 Å². The van der Waals surface area contributed by atoms with Crippen LogP contribution in [0.3, 0.4) is 0 Å². The van der Waals surface area contributed by atoms with Crippen LogP contribution in [0.1, 0.15) is 36.6 Å². The first-order valence-electron chi connectivity index (χ1n) is 11.7. The minimum absolute atomic E-state index is 0.453. The number of aromatic nitrogens is 2. The summed E-state index contributed by atoms with van der Waals surface area (Å²) in [5.74, 6) is 0.453. The number of aryl methyl sites for hydroxylation is 2. The van der Waals surface area contributed by atoms with Crippen molar-refractivity contribution in [2.24, 2.45) is 0 Å². The van der Waals surface area contributed by atoms with Crippen LogP contribution in [0.2, 0.25) is 0 Å². The number of pyridine rings is 2. The summed E-state index contributed by atoms with van der Waals surface area (Å²) in [5, 5.41) is 2.60. The first kappa shape index (κ1) is 19.9. The van der Waals surface area contributed by atoms with E-state index in [-0.39, 0.29) is 0 Å². The fourth-order valence-corrected chi connectivity index (χ4v) is 5.02. The van der Waals surface area contributed by atoms with Gasteiger partial charge >= 0.3 is 0 Å². The number of hydrogen-bond donors (Lipinski definition) is 0. The second-order valence-electron chi connectivity index (χ2n) is 9.22. The summed E-state index contributed by atoms with van der Waals surface area (Å²) in [6, 6.07) is 30.4. The van der Waals surface area contributed by atoms with Gasteiger partial charge < -0.3 is 0 Å². The Morgan fingerprint density at radius 2 is 1.52 bits per heavy atom. The Kier molecular flexibility index (Phi) is 4.80. The van der Waals surface area contributed by atoms with Crippen molar-refractivity contribution in [1.29, 1.82) is 0 Å². The predicted molar refractivity (Wildman–Crippen MR) is 137 cm³/mol. The van der Waals surface area contributed by atoms with E-state index in [9.17, 15) is 0 Å². The van der Waals surface area contributed by atoms with Crippen LogP contribution in [-0.2, 0) is 12.8 Å². The maximum Gasteiger partial charge on any atom is 0.0708 e. The summed E-state index contributed by atoms with van der Waals surface area (Å²) in [4.78, 5) is 9.93. The fraction of sp³-hybridized carbons (Fsp3) is 0.161. The Bertz CT molecular complexity index is 1480. The smallest absolute Gasteiger partial charge is 0.0708 e. The van der Waals surface area contributed by atoms with Gasteiger partial charge in [0, 0.05) is 28.6 Å². The zero-order chi connectivity index (χ0) is 22.4. The van der Waals surface area contributed by atoms with E-state index in [1.165, 1.54) is 49.8 Å². The van der Waals surface area contributed by atoms with Crippen LogP contribution in [0, 0.1) is 0 Å². The van der Waals surface area contributed by atoms with Gasteiger partial charge in [0.2, 0.25) is 0 Å². The van der Waals surface area contributed by atoms with Gasteiger partial charge in [-0.05, 0) is 70.5 Å². The Balaban J connectivity index is 1.47. The highest BCUT2D eigenvalue weighted by atomic mass is 14.7. The Hall–Kier alpha value is -3.78. The zero-order valence-electron chi connectivity index (χ0n) is 19.0. The number of fused-ring (bicyclic) bond motifs is 4. The monoisotopic (exact) mass is 426 g/mol. The van der Waals surface area contributed by atoms with E-state index in [1.54, 1.807) is 0 Å². The Morgan fingerprint density at radius 1 is 0.697 bits per heavy atom. The largest absolute Gasteiger partial charge is 0.256 e. The SMILES string of the molecule is CC(C)c1cc(-c2cc3c(cn2)CCc2nc(-c4ccccc4)ccc2-3)cc2ccccc12. The molecular weight excluding hydrogens is 400 g/mol. The van der Waals surface area contributed by atoms with E-state index in [2.05, 4.69) is 98.9 Å². The summed E-state index contributed by atoms with van der Waals surface area (Å²) >= 11 is 0. The van der Waals surface area contributed by atoms with Crippen molar-refractivity contribution < 1.29 is 0 Å². The molecule has 0 spiro atoms. The molecule has 0 aliphatic heterocycles. The summed E-state index contributed by atoms with van der Waals surface area (Å²) in [6.45, 7) is 4.52. The van der Waals surface area contributed by atoms with E-state index in [0.29, 0.717) is 5.92 Å². The normalized spacial score (nSPS) is 12.6. The van der Waals surface area contributed by atoms with Gasteiger partial charge in [-0.1, -0.05) is 74.5 Å². The minimum atomic E-state index is 0.453. The van der Waals surface area contributed by atoms with E-state index >= 15 is 0 Å². The number of hydrogen-bond acceptors (Lipinski definition) is 2. The summed E-state index contributed by atoms with van der Waals surface area (Å²) in [6.07, 6.45) is 4.01. The van der Waals surface area contributed by atoms with Crippen LogP contribution in [0.25, 0.3) is 44.4 Å². The number of rotatable bonds is 3. The van der Waals surface area contributed by atoms with E-state index in [1.807, 2.05) is 6.07 Å². The average molecular weight is 427 g/mol.